The summed E-state index contributed by atoms with van der Waals surface area (Å²) in [5.41, 5.74) is 3.90. The standard InChI is InChI=1S/C21H30N4O/c1-15-8-7-9-18(12-15)21(10-5-6-11-21)14-24-20(22-4)23-13-19-25-16(2)17(3)26-19/h7-9,12H,5-6,10-11,13-14H2,1-4H3,(H2,22,23,24). The van der Waals surface area contributed by atoms with Crippen LogP contribution in [-0.4, -0.2) is 24.5 Å². The second-order valence-corrected chi connectivity index (χ2v) is 7.39. The highest BCUT2D eigenvalue weighted by Crippen LogP contribution is 2.40. The molecule has 26 heavy (non-hydrogen) atoms. The van der Waals surface area contributed by atoms with E-state index in [2.05, 4.69) is 51.8 Å². The van der Waals surface area contributed by atoms with Crippen molar-refractivity contribution in [2.24, 2.45) is 4.99 Å². The number of aliphatic imine (C=N–C) groups is 1. The fourth-order valence-electron chi connectivity index (χ4n) is 3.84. The number of aromatic nitrogens is 1. The lowest BCUT2D eigenvalue weighted by Gasteiger charge is -2.31. The molecule has 1 aliphatic carbocycles. The molecule has 3 rings (SSSR count). The second kappa shape index (κ2) is 7.94. The molecule has 5 nitrogen and oxygen atoms in total. The second-order valence-electron chi connectivity index (χ2n) is 7.39. The molecule has 0 saturated heterocycles. The predicted octanol–water partition coefficient (Wildman–Crippen LogP) is 3.78. The number of rotatable bonds is 5. The van der Waals surface area contributed by atoms with Crippen molar-refractivity contribution in [2.45, 2.75) is 58.4 Å². The Bertz CT molecular complexity index is 753. The molecule has 1 saturated carbocycles. The van der Waals surface area contributed by atoms with Crippen LogP contribution in [-0.2, 0) is 12.0 Å². The highest BCUT2D eigenvalue weighted by molar-refractivity contribution is 5.79. The van der Waals surface area contributed by atoms with Crippen LogP contribution in [0, 0.1) is 20.8 Å². The Morgan fingerprint density at radius 1 is 1.19 bits per heavy atom. The average Bonchev–Trinajstić information content (AvgIpc) is 3.23. The molecule has 0 atom stereocenters. The molecule has 5 heteroatoms. The Kier molecular flexibility index (Phi) is 5.64. The van der Waals surface area contributed by atoms with Crippen molar-refractivity contribution in [3.05, 3.63) is 52.7 Å². The van der Waals surface area contributed by atoms with Crippen molar-refractivity contribution >= 4 is 5.96 Å². The van der Waals surface area contributed by atoms with Gasteiger partial charge in [0, 0.05) is 19.0 Å². The first-order valence-electron chi connectivity index (χ1n) is 9.47. The lowest BCUT2D eigenvalue weighted by atomic mass is 9.78. The Balaban J connectivity index is 1.64. The van der Waals surface area contributed by atoms with Gasteiger partial charge in [-0.1, -0.05) is 42.7 Å². The highest BCUT2D eigenvalue weighted by Gasteiger charge is 2.35. The molecule has 1 heterocycles. The van der Waals surface area contributed by atoms with Crippen LogP contribution >= 0.6 is 0 Å². The molecule has 0 unspecified atom stereocenters. The third kappa shape index (κ3) is 4.09. The van der Waals surface area contributed by atoms with Gasteiger partial charge in [-0.05, 0) is 39.2 Å². The van der Waals surface area contributed by atoms with Gasteiger partial charge in [-0.2, -0.15) is 0 Å². The SMILES string of the molecule is CN=C(NCc1nc(C)c(C)o1)NCC1(c2cccc(C)c2)CCCC1. The minimum atomic E-state index is 0.194. The molecule has 2 aromatic rings. The average molecular weight is 354 g/mol. The van der Waals surface area contributed by atoms with Crippen molar-refractivity contribution < 1.29 is 4.42 Å². The van der Waals surface area contributed by atoms with E-state index >= 15 is 0 Å². The fraction of sp³-hybridized carbons (Fsp3) is 0.524. The minimum absolute atomic E-state index is 0.194. The van der Waals surface area contributed by atoms with E-state index in [1.807, 2.05) is 13.8 Å². The monoisotopic (exact) mass is 354 g/mol. The quantitative estimate of drug-likeness (QED) is 0.634. The van der Waals surface area contributed by atoms with Crippen LogP contribution < -0.4 is 10.6 Å². The Hall–Kier alpha value is -2.30. The summed E-state index contributed by atoms with van der Waals surface area (Å²) in [6, 6.07) is 8.95. The van der Waals surface area contributed by atoms with E-state index in [4.69, 9.17) is 4.42 Å². The highest BCUT2D eigenvalue weighted by atomic mass is 16.4. The molecule has 140 valence electrons. The van der Waals surface area contributed by atoms with E-state index in [-0.39, 0.29) is 5.41 Å². The number of benzene rings is 1. The van der Waals surface area contributed by atoms with Crippen LogP contribution in [0.25, 0.3) is 0 Å². The summed E-state index contributed by atoms with van der Waals surface area (Å²) in [4.78, 5) is 8.77. The van der Waals surface area contributed by atoms with Crippen molar-refractivity contribution in [1.29, 1.82) is 0 Å². The first-order valence-corrected chi connectivity index (χ1v) is 9.47. The molecule has 1 aromatic heterocycles. The summed E-state index contributed by atoms with van der Waals surface area (Å²) >= 11 is 0. The molecule has 1 aliphatic rings. The summed E-state index contributed by atoms with van der Waals surface area (Å²) in [6.45, 7) is 7.48. The third-order valence-corrected chi connectivity index (χ3v) is 5.49. The smallest absolute Gasteiger partial charge is 0.214 e. The van der Waals surface area contributed by atoms with Gasteiger partial charge in [0.05, 0.1) is 12.2 Å². The van der Waals surface area contributed by atoms with E-state index in [1.54, 1.807) is 7.05 Å². The normalized spacial score (nSPS) is 16.7. The Morgan fingerprint density at radius 2 is 1.96 bits per heavy atom. The molecule has 1 aromatic carbocycles. The molecule has 0 radical (unpaired) electrons. The number of nitrogens with zero attached hydrogens (tertiary/aromatic N) is 2. The first kappa shape index (κ1) is 18.5. The van der Waals surface area contributed by atoms with Gasteiger partial charge in [0.2, 0.25) is 5.89 Å². The number of hydrogen-bond acceptors (Lipinski definition) is 3. The van der Waals surface area contributed by atoms with Crippen LogP contribution in [0.5, 0.6) is 0 Å². The van der Waals surface area contributed by atoms with Gasteiger partial charge >= 0.3 is 0 Å². The Labute approximate surface area is 156 Å². The number of nitrogens with one attached hydrogen (secondary N) is 2. The zero-order valence-corrected chi connectivity index (χ0v) is 16.4. The van der Waals surface area contributed by atoms with Gasteiger partial charge < -0.3 is 15.1 Å². The molecular formula is C21H30N4O. The van der Waals surface area contributed by atoms with E-state index in [1.165, 1.54) is 36.8 Å². The van der Waals surface area contributed by atoms with Gasteiger partial charge in [0.15, 0.2) is 5.96 Å². The number of oxazole rings is 1. The molecule has 0 amide bonds. The molecular weight excluding hydrogens is 324 g/mol. The van der Waals surface area contributed by atoms with Crippen LogP contribution in [0.2, 0.25) is 0 Å². The van der Waals surface area contributed by atoms with Crippen molar-refractivity contribution in [2.75, 3.05) is 13.6 Å². The molecule has 0 bridgehead atoms. The van der Waals surface area contributed by atoms with Gasteiger partial charge in [-0.3, -0.25) is 4.99 Å². The van der Waals surface area contributed by atoms with Gasteiger partial charge in [-0.15, -0.1) is 0 Å². The van der Waals surface area contributed by atoms with Crippen molar-refractivity contribution in [1.82, 2.24) is 15.6 Å². The van der Waals surface area contributed by atoms with Crippen LogP contribution in [0.1, 0.15) is 54.2 Å². The zero-order valence-electron chi connectivity index (χ0n) is 16.4. The Morgan fingerprint density at radius 3 is 2.58 bits per heavy atom. The lowest BCUT2D eigenvalue weighted by molar-refractivity contribution is 0.429. The van der Waals surface area contributed by atoms with E-state index in [0.29, 0.717) is 12.4 Å². The predicted molar refractivity (Wildman–Crippen MR) is 106 cm³/mol. The first-order chi connectivity index (χ1) is 12.5. The maximum Gasteiger partial charge on any atom is 0.214 e. The van der Waals surface area contributed by atoms with E-state index in [9.17, 15) is 0 Å². The van der Waals surface area contributed by atoms with Crippen molar-refractivity contribution in [3.63, 3.8) is 0 Å². The van der Waals surface area contributed by atoms with Crippen LogP contribution in [0.15, 0.2) is 33.7 Å². The molecule has 2 N–H and O–H groups in total. The maximum atomic E-state index is 5.63. The van der Waals surface area contributed by atoms with Gasteiger partial charge in [-0.25, -0.2) is 4.98 Å². The number of aryl methyl sites for hydroxylation is 3. The van der Waals surface area contributed by atoms with E-state index < -0.39 is 0 Å². The topological polar surface area (TPSA) is 62.5 Å². The van der Waals surface area contributed by atoms with Gasteiger partial charge in [0.1, 0.15) is 5.76 Å². The summed E-state index contributed by atoms with van der Waals surface area (Å²) in [7, 11) is 1.80. The number of hydrogen-bond donors (Lipinski definition) is 2. The molecule has 0 aliphatic heterocycles. The minimum Gasteiger partial charge on any atom is -0.444 e. The van der Waals surface area contributed by atoms with Gasteiger partial charge in [0.25, 0.3) is 0 Å². The van der Waals surface area contributed by atoms with Crippen molar-refractivity contribution in [3.8, 4) is 0 Å². The molecule has 0 spiro atoms. The molecule has 1 fully saturated rings. The number of guanidine groups is 1. The fourth-order valence-corrected chi connectivity index (χ4v) is 3.84. The zero-order chi connectivity index (χ0) is 18.6. The lowest BCUT2D eigenvalue weighted by Crippen LogP contribution is -2.44. The maximum absolute atomic E-state index is 5.63. The summed E-state index contributed by atoms with van der Waals surface area (Å²) < 4.78 is 5.63. The summed E-state index contributed by atoms with van der Waals surface area (Å²) in [6.07, 6.45) is 5.02. The summed E-state index contributed by atoms with van der Waals surface area (Å²) in [5.74, 6) is 2.35. The van der Waals surface area contributed by atoms with Crippen LogP contribution in [0.4, 0.5) is 0 Å². The third-order valence-electron chi connectivity index (χ3n) is 5.49. The van der Waals surface area contributed by atoms with Crippen LogP contribution in [0.3, 0.4) is 0 Å². The largest absolute Gasteiger partial charge is 0.444 e. The van der Waals surface area contributed by atoms with E-state index in [0.717, 1.165) is 24.0 Å². The summed E-state index contributed by atoms with van der Waals surface area (Å²) in [5, 5.41) is 6.84.